The molecule has 1 rings (SSSR count). The van der Waals surface area contributed by atoms with E-state index in [1.165, 1.54) is 15.6 Å². The average Bonchev–Trinajstić information content (AvgIpc) is 2.49. The fraction of sp³-hybridized carbons (Fsp3) is 0.700. The predicted molar refractivity (Wildman–Crippen MR) is 67.3 cm³/mol. The zero-order chi connectivity index (χ0) is 12.3. The molecule has 0 amide bonds. The van der Waals surface area contributed by atoms with Crippen LogP contribution in [0.15, 0.2) is 11.1 Å². The third kappa shape index (κ3) is 2.91. The molecule has 1 aromatic rings. The van der Waals surface area contributed by atoms with E-state index in [1.54, 1.807) is 7.05 Å². The molecule has 0 fully saturated rings. The highest BCUT2D eigenvalue weighted by Gasteiger charge is 2.20. The number of aromatic nitrogens is 3. The minimum absolute atomic E-state index is 0.0897. The van der Waals surface area contributed by atoms with Crippen molar-refractivity contribution in [1.29, 1.82) is 0 Å². The average molecular weight is 242 g/mol. The van der Waals surface area contributed by atoms with E-state index in [0.29, 0.717) is 11.5 Å². The number of hydrogen-bond donors (Lipinski definition) is 1. The minimum atomic E-state index is -0.159. The van der Waals surface area contributed by atoms with Crippen LogP contribution in [0.5, 0.6) is 0 Å². The number of thiocarbonyl (C=S) groups is 1. The smallest absolute Gasteiger partial charge is 0.345 e. The molecule has 16 heavy (non-hydrogen) atoms. The molecule has 0 bridgehead atoms. The Morgan fingerprint density at radius 3 is 2.69 bits per heavy atom. The van der Waals surface area contributed by atoms with Crippen LogP contribution in [0.1, 0.15) is 26.7 Å². The molecule has 0 unspecified atom stereocenters. The van der Waals surface area contributed by atoms with Crippen LogP contribution < -0.4 is 11.4 Å². The van der Waals surface area contributed by atoms with Gasteiger partial charge in [-0.2, -0.15) is 5.10 Å². The third-order valence-electron chi connectivity index (χ3n) is 2.73. The summed E-state index contributed by atoms with van der Waals surface area (Å²) in [6, 6.07) is 0. The first-order valence-electron chi connectivity index (χ1n) is 5.23. The van der Waals surface area contributed by atoms with Crippen LogP contribution in [0.2, 0.25) is 0 Å². The SMILES string of the molecule is Cn1cnn(CCCC(C)(C)C(N)=S)c1=O. The zero-order valence-corrected chi connectivity index (χ0v) is 10.8. The zero-order valence-electron chi connectivity index (χ0n) is 9.93. The van der Waals surface area contributed by atoms with Gasteiger partial charge in [-0.05, 0) is 12.8 Å². The quantitative estimate of drug-likeness (QED) is 0.771. The maximum Gasteiger partial charge on any atom is 0.345 e. The molecule has 0 aliphatic carbocycles. The summed E-state index contributed by atoms with van der Waals surface area (Å²) in [7, 11) is 1.69. The fourth-order valence-corrected chi connectivity index (χ4v) is 1.47. The Bertz CT molecular complexity index is 432. The fourth-order valence-electron chi connectivity index (χ4n) is 1.37. The van der Waals surface area contributed by atoms with E-state index in [-0.39, 0.29) is 11.1 Å². The molecule has 0 saturated heterocycles. The van der Waals surface area contributed by atoms with E-state index in [9.17, 15) is 4.79 Å². The summed E-state index contributed by atoms with van der Waals surface area (Å²) >= 11 is 4.98. The number of nitrogens with two attached hydrogens (primary N) is 1. The summed E-state index contributed by atoms with van der Waals surface area (Å²) in [6.45, 7) is 4.62. The van der Waals surface area contributed by atoms with E-state index < -0.39 is 0 Å². The monoisotopic (exact) mass is 242 g/mol. The Kier molecular flexibility index (Phi) is 3.85. The highest BCUT2D eigenvalue weighted by Crippen LogP contribution is 2.22. The van der Waals surface area contributed by atoms with Crippen LogP contribution in [0.3, 0.4) is 0 Å². The van der Waals surface area contributed by atoms with Crippen LogP contribution in [0.4, 0.5) is 0 Å². The highest BCUT2D eigenvalue weighted by molar-refractivity contribution is 7.80. The van der Waals surface area contributed by atoms with E-state index in [2.05, 4.69) is 5.10 Å². The van der Waals surface area contributed by atoms with Crippen molar-refractivity contribution in [3.8, 4) is 0 Å². The molecule has 5 nitrogen and oxygen atoms in total. The van der Waals surface area contributed by atoms with E-state index in [4.69, 9.17) is 18.0 Å². The maximum atomic E-state index is 11.5. The Morgan fingerprint density at radius 1 is 1.62 bits per heavy atom. The predicted octanol–water partition coefficient (Wildman–Crippen LogP) is 0.674. The molecule has 0 aromatic carbocycles. The van der Waals surface area contributed by atoms with Gasteiger partial charge in [0.15, 0.2) is 0 Å². The molecule has 0 aliphatic rings. The van der Waals surface area contributed by atoms with Gasteiger partial charge in [-0.3, -0.25) is 4.57 Å². The van der Waals surface area contributed by atoms with Crippen molar-refractivity contribution in [1.82, 2.24) is 14.3 Å². The normalized spacial score (nSPS) is 11.7. The molecular weight excluding hydrogens is 224 g/mol. The standard InChI is InChI=1S/C10H18N4OS/c1-10(2,8(11)16)5-4-6-14-9(15)13(3)7-12-14/h7H,4-6H2,1-3H3,(H2,11,16). The van der Waals surface area contributed by atoms with E-state index in [1.807, 2.05) is 13.8 Å². The van der Waals surface area contributed by atoms with Gasteiger partial charge in [-0.1, -0.05) is 26.1 Å². The van der Waals surface area contributed by atoms with Gasteiger partial charge in [-0.15, -0.1) is 0 Å². The first-order valence-corrected chi connectivity index (χ1v) is 5.64. The lowest BCUT2D eigenvalue weighted by Crippen LogP contribution is -2.30. The van der Waals surface area contributed by atoms with Crippen molar-refractivity contribution in [3.05, 3.63) is 16.8 Å². The Hall–Kier alpha value is -1.17. The lowest BCUT2D eigenvalue weighted by atomic mass is 9.88. The van der Waals surface area contributed by atoms with Gasteiger partial charge in [0.05, 0.1) is 4.99 Å². The summed E-state index contributed by atoms with van der Waals surface area (Å²) in [6.07, 6.45) is 3.20. The number of nitrogens with zero attached hydrogens (tertiary/aromatic N) is 3. The molecule has 0 spiro atoms. The van der Waals surface area contributed by atoms with Gasteiger partial charge in [0, 0.05) is 19.0 Å². The molecule has 2 N–H and O–H groups in total. The van der Waals surface area contributed by atoms with Gasteiger partial charge >= 0.3 is 5.69 Å². The summed E-state index contributed by atoms with van der Waals surface area (Å²) in [5, 5.41) is 3.98. The molecule has 0 radical (unpaired) electrons. The topological polar surface area (TPSA) is 65.8 Å². The largest absolute Gasteiger partial charge is 0.393 e. The molecule has 1 aromatic heterocycles. The molecule has 1 heterocycles. The van der Waals surface area contributed by atoms with Crippen LogP contribution in [-0.2, 0) is 13.6 Å². The van der Waals surface area contributed by atoms with Crippen LogP contribution >= 0.6 is 12.2 Å². The van der Waals surface area contributed by atoms with Crippen molar-refractivity contribution in [2.24, 2.45) is 18.2 Å². The highest BCUT2D eigenvalue weighted by atomic mass is 32.1. The lowest BCUT2D eigenvalue weighted by molar-refractivity contribution is 0.421. The molecule has 90 valence electrons. The van der Waals surface area contributed by atoms with Crippen LogP contribution in [-0.4, -0.2) is 19.3 Å². The number of aryl methyl sites for hydroxylation is 2. The second kappa shape index (κ2) is 4.78. The summed E-state index contributed by atoms with van der Waals surface area (Å²) in [4.78, 5) is 12.0. The first kappa shape index (κ1) is 12.9. The van der Waals surface area contributed by atoms with Crippen molar-refractivity contribution in [3.63, 3.8) is 0 Å². The Balaban J connectivity index is 2.51. The van der Waals surface area contributed by atoms with Crippen LogP contribution in [0.25, 0.3) is 0 Å². The molecular formula is C10H18N4OS. The number of rotatable bonds is 5. The molecule has 0 saturated carbocycles. The third-order valence-corrected chi connectivity index (χ3v) is 3.28. The lowest BCUT2D eigenvalue weighted by Gasteiger charge is -2.22. The number of hydrogen-bond acceptors (Lipinski definition) is 3. The van der Waals surface area contributed by atoms with Crippen molar-refractivity contribution < 1.29 is 0 Å². The molecule has 6 heteroatoms. The van der Waals surface area contributed by atoms with Gasteiger partial charge in [0.2, 0.25) is 0 Å². The van der Waals surface area contributed by atoms with Gasteiger partial charge in [-0.25, -0.2) is 9.48 Å². The summed E-state index contributed by atoms with van der Waals surface area (Å²) in [5.41, 5.74) is 5.38. The van der Waals surface area contributed by atoms with Crippen LogP contribution in [0, 0.1) is 5.41 Å². The minimum Gasteiger partial charge on any atom is -0.393 e. The molecule has 0 aliphatic heterocycles. The van der Waals surface area contributed by atoms with Gasteiger partial charge < -0.3 is 5.73 Å². The van der Waals surface area contributed by atoms with E-state index in [0.717, 1.165) is 12.8 Å². The second-order valence-corrected chi connectivity index (χ2v) is 5.04. The maximum absolute atomic E-state index is 11.5. The van der Waals surface area contributed by atoms with E-state index >= 15 is 0 Å². The summed E-state index contributed by atoms with van der Waals surface area (Å²) < 4.78 is 2.91. The van der Waals surface area contributed by atoms with Gasteiger partial charge in [0.25, 0.3) is 0 Å². The summed E-state index contributed by atoms with van der Waals surface area (Å²) in [5.74, 6) is 0. The van der Waals surface area contributed by atoms with Gasteiger partial charge in [0.1, 0.15) is 6.33 Å². The second-order valence-electron chi connectivity index (χ2n) is 4.60. The molecule has 0 atom stereocenters. The van der Waals surface area contributed by atoms with Crippen molar-refractivity contribution >= 4 is 17.2 Å². The van der Waals surface area contributed by atoms with Crippen molar-refractivity contribution in [2.45, 2.75) is 33.2 Å². The van der Waals surface area contributed by atoms with Crippen molar-refractivity contribution in [2.75, 3.05) is 0 Å². The Morgan fingerprint density at radius 2 is 2.25 bits per heavy atom. The first-order chi connectivity index (χ1) is 7.34. The Labute approximate surface area is 100 Å².